The van der Waals surface area contributed by atoms with E-state index in [1.165, 1.54) is 0 Å². The lowest BCUT2D eigenvalue weighted by Crippen LogP contribution is -2.22. The summed E-state index contributed by atoms with van der Waals surface area (Å²) < 4.78 is 7.22. The van der Waals surface area contributed by atoms with Gasteiger partial charge in [-0.2, -0.15) is 0 Å². The second-order valence-corrected chi connectivity index (χ2v) is 6.50. The predicted molar refractivity (Wildman–Crippen MR) is 96.3 cm³/mol. The summed E-state index contributed by atoms with van der Waals surface area (Å²) in [4.78, 5) is 12.3. The molecule has 7 heteroatoms. The second kappa shape index (κ2) is 8.02. The number of benzene rings is 1. The molecule has 0 saturated carbocycles. The van der Waals surface area contributed by atoms with Crippen LogP contribution in [0, 0.1) is 0 Å². The number of hydrogen-bond donors (Lipinski definition) is 1. The molecule has 1 aromatic carbocycles. The number of nitrogens with zero attached hydrogens (tertiary/aromatic N) is 3. The van der Waals surface area contributed by atoms with Crippen LogP contribution in [0.1, 0.15) is 34.4 Å². The highest BCUT2D eigenvalue weighted by atomic mass is 32.2. The molecule has 2 heterocycles. The van der Waals surface area contributed by atoms with Crippen molar-refractivity contribution in [1.29, 1.82) is 0 Å². The lowest BCUT2D eigenvalue weighted by molar-refractivity contribution is 0.0948. The van der Waals surface area contributed by atoms with Crippen molar-refractivity contribution in [2.24, 2.45) is 7.05 Å². The number of rotatable bonds is 7. The van der Waals surface area contributed by atoms with Crippen molar-refractivity contribution < 1.29 is 9.21 Å². The van der Waals surface area contributed by atoms with Crippen molar-refractivity contribution in [1.82, 2.24) is 20.1 Å². The minimum atomic E-state index is -0.116. The summed E-state index contributed by atoms with van der Waals surface area (Å²) in [5.41, 5.74) is 1.70. The quantitative estimate of drug-likeness (QED) is 0.658. The minimum Gasteiger partial charge on any atom is -0.467 e. The van der Waals surface area contributed by atoms with Gasteiger partial charge in [0.05, 0.1) is 12.8 Å². The first-order valence-corrected chi connectivity index (χ1v) is 9.06. The Kier molecular flexibility index (Phi) is 5.55. The molecule has 6 nitrogen and oxygen atoms in total. The van der Waals surface area contributed by atoms with E-state index in [9.17, 15) is 4.79 Å². The molecule has 0 radical (unpaired) electrons. The summed E-state index contributed by atoms with van der Waals surface area (Å²) in [6.07, 6.45) is 2.45. The maximum atomic E-state index is 12.3. The molecule has 0 fully saturated rings. The first-order valence-electron chi connectivity index (χ1n) is 8.08. The van der Waals surface area contributed by atoms with E-state index in [0.717, 1.165) is 34.5 Å². The van der Waals surface area contributed by atoms with Crippen LogP contribution in [0.15, 0.2) is 52.2 Å². The fourth-order valence-electron chi connectivity index (χ4n) is 2.41. The molecule has 0 aliphatic carbocycles. The van der Waals surface area contributed by atoms with Crippen molar-refractivity contribution >= 4 is 17.7 Å². The lowest BCUT2D eigenvalue weighted by Gasteiger charge is -2.06. The van der Waals surface area contributed by atoms with Crippen LogP contribution in [0.5, 0.6) is 0 Å². The number of nitrogens with one attached hydrogen (secondary N) is 1. The van der Waals surface area contributed by atoms with Crippen LogP contribution in [-0.2, 0) is 25.8 Å². The fourth-order valence-corrected chi connectivity index (χ4v) is 3.28. The third-order valence-corrected chi connectivity index (χ3v) is 4.89. The summed E-state index contributed by atoms with van der Waals surface area (Å²) in [5.74, 6) is 2.31. The van der Waals surface area contributed by atoms with Gasteiger partial charge in [0.15, 0.2) is 5.16 Å². The SMILES string of the molecule is CCc1nnc(SCc2cccc(C(=O)NCc3ccco3)c2)n1C. The average molecular weight is 356 g/mol. The molecule has 3 rings (SSSR count). The van der Waals surface area contributed by atoms with E-state index in [2.05, 4.69) is 22.4 Å². The molecule has 25 heavy (non-hydrogen) atoms. The van der Waals surface area contributed by atoms with Gasteiger partial charge in [-0.05, 0) is 29.8 Å². The van der Waals surface area contributed by atoms with Crippen molar-refractivity contribution in [2.75, 3.05) is 0 Å². The Balaban J connectivity index is 1.60. The maximum Gasteiger partial charge on any atom is 0.251 e. The van der Waals surface area contributed by atoms with Gasteiger partial charge in [-0.3, -0.25) is 4.79 Å². The smallest absolute Gasteiger partial charge is 0.251 e. The van der Waals surface area contributed by atoms with E-state index in [0.29, 0.717) is 12.1 Å². The van der Waals surface area contributed by atoms with Gasteiger partial charge in [0.25, 0.3) is 5.91 Å². The second-order valence-electron chi connectivity index (χ2n) is 5.56. The van der Waals surface area contributed by atoms with E-state index in [1.807, 2.05) is 41.9 Å². The topological polar surface area (TPSA) is 73.0 Å². The molecular formula is C18H20N4O2S. The van der Waals surface area contributed by atoms with Gasteiger partial charge in [0.2, 0.25) is 0 Å². The van der Waals surface area contributed by atoms with Crippen LogP contribution < -0.4 is 5.32 Å². The average Bonchev–Trinajstić information content (AvgIpc) is 3.28. The molecule has 0 saturated heterocycles. The van der Waals surface area contributed by atoms with Crippen LogP contribution in [0.25, 0.3) is 0 Å². The molecule has 0 aliphatic heterocycles. The van der Waals surface area contributed by atoms with Crippen LogP contribution in [0.4, 0.5) is 0 Å². The van der Waals surface area contributed by atoms with Crippen LogP contribution in [-0.4, -0.2) is 20.7 Å². The molecule has 0 aliphatic rings. The normalized spacial score (nSPS) is 10.8. The highest BCUT2D eigenvalue weighted by molar-refractivity contribution is 7.98. The number of carbonyl (C=O) groups excluding carboxylic acids is 1. The Morgan fingerprint density at radius 2 is 2.16 bits per heavy atom. The molecule has 2 aromatic heterocycles. The summed E-state index contributed by atoms with van der Waals surface area (Å²) >= 11 is 1.61. The number of aromatic nitrogens is 3. The van der Waals surface area contributed by atoms with E-state index >= 15 is 0 Å². The number of amides is 1. The Morgan fingerprint density at radius 3 is 2.88 bits per heavy atom. The Bertz CT molecular complexity index is 843. The van der Waals surface area contributed by atoms with Gasteiger partial charge in [0, 0.05) is 24.8 Å². The third-order valence-electron chi connectivity index (χ3n) is 3.80. The number of thioether (sulfide) groups is 1. The summed E-state index contributed by atoms with van der Waals surface area (Å²) in [5, 5.41) is 12.1. The number of carbonyl (C=O) groups is 1. The van der Waals surface area contributed by atoms with Crippen molar-refractivity contribution in [3.05, 3.63) is 65.4 Å². The Hall–Kier alpha value is -2.54. The standard InChI is InChI=1S/C18H20N4O2S/c1-3-16-20-21-18(22(16)2)25-12-13-6-4-7-14(10-13)17(23)19-11-15-8-5-9-24-15/h4-10H,3,11-12H2,1-2H3,(H,19,23). The molecule has 0 unspecified atom stereocenters. The van der Waals surface area contributed by atoms with Crippen LogP contribution >= 0.6 is 11.8 Å². The van der Waals surface area contributed by atoms with Gasteiger partial charge in [0.1, 0.15) is 11.6 Å². The molecule has 130 valence electrons. The van der Waals surface area contributed by atoms with E-state index in [-0.39, 0.29) is 5.91 Å². The molecule has 0 spiro atoms. The zero-order chi connectivity index (χ0) is 17.6. The predicted octanol–water partition coefficient (Wildman–Crippen LogP) is 3.19. The summed E-state index contributed by atoms with van der Waals surface area (Å²) in [6.45, 7) is 2.44. The van der Waals surface area contributed by atoms with E-state index < -0.39 is 0 Å². The number of hydrogen-bond acceptors (Lipinski definition) is 5. The number of furan rings is 1. The van der Waals surface area contributed by atoms with Gasteiger partial charge >= 0.3 is 0 Å². The van der Waals surface area contributed by atoms with Gasteiger partial charge in [-0.15, -0.1) is 10.2 Å². The fraction of sp³-hybridized carbons (Fsp3) is 0.278. The Labute approximate surface area is 150 Å². The van der Waals surface area contributed by atoms with Crippen LogP contribution in [0.2, 0.25) is 0 Å². The van der Waals surface area contributed by atoms with Gasteiger partial charge < -0.3 is 14.3 Å². The summed E-state index contributed by atoms with van der Waals surface area (Å²) in [6, 6.07) is 11.2. The van der Waals surface area contributed by atoms with Crippen LogP contribution in [0.3, 0.4) is 0 Å². The lowest BCUT2D eigenvalue weighted by atomic mass is 10.1. The summed E-state index contributed by atoms with van der Waals surface area (Å²) in [7, 11) is 1.97. The largest absolute Gasteiger partial charge is 0.467 e. The highest BCUT2D eigenvalue weighted by Gasteiger charge is 2.10. The zero-order valence-corrected chi connectivity index (χ0v) is 15.0. The van der Waals surface area contributed by atoms with Crippen molar-refractivity contribution in [3.63, 3.8) is 0 Å². The first kappa shape index (κ1) is 17.3. The minimum absolute atomic E-state index is 0.116. The molecule has 0 bridgehead atoms. The maximum absolute atomic E-state index is 12.3. The zero-order valence-electron chi connectivity index (χ0n) is 14.2. The molecule has 3 aromatic rings. The first-order chi connectivity index (χ1) is 12.2. The van der Waals surface area contributed by atoms with E-state index in [1.54, 1.807) is 24.1 Å². The third kappa shape index (κ3) is 4.30. The molecular weight excluding hydrogens is 336 g/mol. The highest BCUT2D eigenvalue weighted by Crippen LogP contribution is 2.21. The molecule has 0 atom stereocenters. The van der Waals surface area contributed by atoms with Crippen molar-refractivity contribution in [3.8, 4) is 0 Å². The van der Waals surface area contributed by atoms with E-state index in [4.69, 9.17) is 4.42 Å². The van der Waals surface area contributed by atoms with Gasteiger partial charge in [-0.25, -0.2) is 0 Å². The van der Waals surface area contributed by atoms with Gasteiger partial charge in [-0.1, -0.05) is 30.8 Å². The monoisotopic (exact) mass is 356 g/mol. The van der Waals surface area contributed by atoms with Crippen molar-refractivity contribution in [2.45, 2.75) is 30.8 Å². The molecule has 1 N–H and O–H groups in total. The Morgan fingerprint density at radius 1 is 1.28 bits per heavy atom. The number of aryl methyl sites for hydroxylation is 1. The molecule has 1 amide bonds.